The van der Waals surface area contributed by atoms with Crippen molar-refractivity contribution in [3.05, 3.63) is 0 Å². The molecule has 1 heterocycles. The summed E-state index contributed by atoms with van der Waals surface area (Å²) >= 11 is 0. The highest BCUT2D eigenvalue weighted by atomic mass is 16.5. The predicted octanol–water partition coefficient (Wildman–Crippen LogP) is -0.450. The average Bonchev–Trinajstić information content (AvgIpc) is 2.34. The molecule has 10 heavy (non-hydrogen) atoms. The number of nitrogens with zero attached hydrogens (tertiary/aromatic N) is 1. The second-order valence-electron chi connectivity index (χ2n) is 2.15. The molecule has 4 heteroatoms. The maximum absolute atomic E-state index is 10.8. The molecule has 0 amide bonds. The van der Waals surface area contributed by atoms with Gasteiger partial charge in [-0.05, 0) is 6.92 Å². The second-order valence-corrected chi connectivity index (χ2v) is 2.15. The van der Waals surface area contributed by atoms with E-state index in [-0.39, 0.29) is 12.0 Å². The Morgan fingerprint density at radius 2 is 2.60 bits per heavy atom. The van der Waals surface area contributed by atoms with Gasteiger partial charge in [0.2, 0.25) is 0 Å². The number of rotatable bonds is 1. The minimum Gasteiger partial charge on any atom is -0.467 e. The first-order chi connectivity index (χ1) is 4.74. The molecule has 56 valence electrons. The van der Waals surface area contributed by atoms with Crippen LogP contribution in [0, 0.1) is 0 Å². The first-order valence-electron chi connectivity index (χ1n) is 3.09. The van der Waals surface area contributed by atoms with Crippen LogP contribution >= 0.6 is 0 Å². The van der Waals surface area contributed by atoms with Crippen LogP contribution in [0.3, 0.4) is 0 Å². The van der Waals surface area contributed by atoms with Crippen LogP contribution in [0.4, 0.5) is 0 Å². The maximum Gasteiger partial charge on any atom is 0.330 e. The summed E-state index contributed by atoms with van der Waals surface area (Å²) in [5.74, 6) is 0.552. The van der Waals surface area contributed by atoms with E-state index in [2.05, 4.69) is 15.0 Å². The molecule has 0 saturated heterocycles. The fraction of sp³-hybridized carbons (Fsp3) is 0.667. The summed E-state index contributed by atoms with van der Waals surface area (Å²) in [5.41, 5.74) is 0. The van der Waals surface area contributed by atoms with Crippen LogP contribution in [0.2, 0.25) is 0 Å². The number of amidine groups is 1. The lowest BCUT2D eigenvalue weighted by Crippen LogP contribution is -2.37. The molecule has 0 unspecified atom stereocenters. The minimum absolute atomic E-state index is 0.249. The van der Waals surface area contributed by atoms with E-state index in [1.165, 1.54) is 7.11 Å². The van der Waals surface area contributed by atoms with Gasteiger partial charge in [0.25, 0.3) is 0 Å². The van der Waals surface area contributed by atoms with Crippen LogP contribution in [0.1, 0.15) is 6.92 Å². The molecule has 1 N–H and O–H groups in total. The van der Waals surface area contributed by atoms with Crippen molar-refractivity contribution in [2.24, 2.45) is 4.99 Å². The largest absolute Gasteiger partial charge is 0.467 e. The van der Waals surface area contributed by atoms with Crippen molar-refractivity contribution in [3.8, 4) is 0 Å². The van der Waals surface area contributed by atoms with Crippen molar-refractivity contribution >= 4 is 11.8 Å². The zero-order valence-electron chi connectivity index (χ0n) is 6.05. The lowest BCUT2D eigenvalue weighted by Gasteiger charge is -2.06. The molecule has 0 aromatic heterocycles. The Morgan fingerprint density at radius 1 is 1.90 bits per heavy atom. The number of ether oxygens (including phenoxy) is 1. The Labute approximate surface area is 59.3 Å². The van der Waals surface area contributed by atoms with Gasteiger partial charge in [-0.2, -0.15) is 0 Å². The van der Waals surface area contributed by atoms with E-state index >= 15 is 0 Å². The Morgan fingerprint density at radius 3 is 3.00 bits per heavy atom. The van der Waals surface area contributed by atoms with Crippen molar-refractivity contribution in [1.82, 2.24) is 5.32 Å². The third-order valence-corrected chi connectivity index (χ3v) is 1.38. The van der Waals surface area contributed by atoms with Crippen molar-refractivity contribution in [2.75, 3.05) is 13.7 Å². The molecular formula is C6H10N2O2. The fourth-order valence-electron chi connectivity index (χ4n) is 0.847. The van der Waals surface area contributed by atoms with Crippen LogP contribution in [-0.4, -0.2) is 31.5 Å². The third-order valence-electron chi connectivity index (χ3n) is 1.38. The van der Waals surface area contributed by atoms with E-state index in [4.69, 9.17) is 0 Å². The lowest BCUT2D eigenvalue weighted by molar-refractivity contribution is -0.142. The highest BCUT2D eigenvalue weighted by Gasteiger charge is 2.22. The minimum atomic E-state index is -0.259. The van der Waals surface area contributed by atoms with E-state index < -0.39 is 0 Å². The normalized spacial score (nSPS) is 23.4. The highest BCUT2D eigenvalue weighted by molar-refractivity contribution is 5.89. The van der Waals surface area contributed by atoms with E-state index in [1.807, 2.05) is 6.92 Å². The molecule has 0 aromatic carbocycles. The van der Waals surface area contributed by atoms with Crippen molar-refractivity contribution in [2.45, 2.75) is 13.0 Å². The van der Waals surface area contributed by atoms with E-state index in [9.17, 15) is 4.79 Å². The third kappa shape index (κ3) is 1.26. The van der Waals surface area contributed by atoms with Crippen molar-refractivity contribution in [1.29, 1.82) is 0 Å². The number of aliphatic imine (C=N–C) groups is 1. The summed E-state index contributed by atoms with van der Waals surface area (Å²) in [5, 5.41) is 2.88. The number of carbonyl (C=O) groups is 1. The molecule has 0 radical (unpaired) electrons. The van der Waals surface area contributed by atoms with E-state index in [1.54, 1.807) is 0 Å². The van der Waals surface area contributed by atoms with Crippen LogP contribution in [0.15, 0.2) is 4.99 Å². The summed E-state index contributed by atoms with van der Waals surface area (Å²) < 4.78 is 4.51. The first-order valence-corrected chi connectivity index (χ1v) is 3.09. The summed E-state index contributed by atoms with van der Waals surface area (Å²) in [4.78, 5) is 14.8. The van der Waals surface area contributed by atoms with Gasteiger partial charge in [0, 0.05) is 0 Å². The van der Waals surface area contributed by atoms with Gasteiger partial charge >= 0.3 is 5.97 Å². The molecule has 1 atom stereocenters. The number of esters is 1. The van der Waals surface area contributed by atoms with Gasteiger partial charge in [0.05, 0.1) is 19.5 Å². The molecule has 0 bridgehead atoms. The summed E-state index contributed by atoms with van der Waals surface area (Å²) in [6.07, 6.45) is 0. The molecule has 1 rings (SSSR count). The molecule has 0 aliphatic carbocycles. The van der Waals surface area contributed by atoms with Gasteiger partial charge in [0.1, 0.15) is 6.04 Å². The topological polar surface area (TPSA) is 50.7 Å². The van der Waals surface area contributed by atoms with Gasteiger partial charge in [-0.1, -0.05) is 0 Å². The predicted molar refractivity (Wildman–Crippen MR) is 36.9 cm³/mol. The summed E-state index contributed by atoms with van der Waals surface area (Å²) in [6.45, 7) is 2.32. The number of hydrogen-bond acceptors (Lipinski definition) is 4. The zero-order chi connectivity index (χ0) is 7.56. The molecule has 1 aliphatic rings. The average molecular weight is 142 g/mol. The number of methoxy groups -OCH3 is 1. The smallest absolute Gasteiger partial charge is 0.330 e. The lowest BCUT2D eigenvalue weighted by atomic mass is 10.3. The van der Waals surface area contributed by atoms with Crippen molar-refractivity contribution in [3.63, 3.8) is 0 Å². The fourth-order valence-corrected chi connectivity index (χ4v) is 0.847. The Balaban J connectivity index is 2.42. The van der Waals surface area contributed by atoms with Crippen molar-refractivity contribution < 1.29 is 9.53 Å². The standard InChI is InChI=1S/C6H10N2O2/c1-4-7-3-5(8-4)6(9)10-2/h5H,3H2,1-2H3,(H,7,8)/t5-/m0/s1. The van der Waals surface area contributed by atoms with E-state index in [0.717, 1.165) is 5.84 Å². The van der Waals surface area contributed by atoms with Crippen LogP contribution in [-0.2, 0) is 9.53 Å². The van der Waals surface area contributed by atoms with Gasteiger partial charge < -0.3 is 10.1 Å². The molecule has 0 fully saturated rings. The zero-order valence-corrected chi connectivity index (χ0v) is 6.05. The number of hydrogen-bond donors (Lipinski definition) is 1. The van der Waals surface area contributed by atoms with Crippen LogP contribution in [0.25, 0.3) is 0 Å². The quantitative estimate of drug-likeness (QED) is 0.504. The molecule has 0 aromatic rings. The molecule has 0 spiro atoms. The van der Waals surface area contributed by atoms with Gasteiger partial charge in [-0.25, -0.2) is 4.79 Å². The monoisotopic (exact) mass is 142 g/mol. The highest BCUT2D eigenvalue weighted by Crippen LogP contribution is 1.96. The molecule has 1 aliphatic heterocycles. The number of nitrogens with one attached hydrogen (secondary N) is 1. The summed E-state index contributed by atoms with van der Waals surface area (Å²) in [6, 6.07) is -0.259. The van der Waals surface area contributed by atoms with Crippen LogP contribution < -0.4 is 5.32 Å². The Bertz CT molecular complexity index is 177. The molecule has 4 nitrogen and oxygen atoms in total. The summed E-state index contributed by atoms with van der Waals surface area (Å²) in [7, 11) is 1.37. The second kappa shape index (κ2) is 2.68. The van der Waals surface area contributed by atoms with E-state index in [0.29, 0.717) is 6.54 Å². The first kappa shape index (κ1) is 7.05. The molecule has 0 saturated carbocycles. The SMILES string of the molecule is COC(=O)[C@@H]1CN=C(C)N1. The van der Waals surface area contributed by atoms with Gasteiger partial charge in [-0.15, -0.1) is 0 Å². The maximum atomic E-state index is 10.8. The molecular weight excluding hydrogens is 132 g/mol. The number of carbonyl (C=O) groups excluding carboxylic acids is 1. The Hall–Kier alpha value is -1.06. The van der Waals surface area contributed by atoms with Crippen LogP contribution in [0.5, 0.6) is 0 Å². The Kier molecular flexibility index (Phi) is 1.89. The van der Waals surface area contributed by atoms with Gasteiger partial charge in [-0.3, -0.25) is 4.99 Å². The van der Waals surface area contributed by atoms with Gasteiger partial charge in [0.15, 0.2) is 0 Å².